The molecule has 19 heteroatoms. The van der Waals surface area contributed by atoms with Crippen LogP contribution in [0.3, 0.4) is 0 Å². The Balaban J connectivity index is 1.19. The molecule has 2 unspecified atom stereocenters. The maximum Gasteiger partial charge on any atom is 0.330 e. The van der Waals surface area contributed by atoms with Gasteiger partial charge in [-0.2, -0.15) is 4.31 Å². The summed E-state index contributed by atoms with van der Waals surface area (Å²) in [6.07, 6.45) is 7.76. The van der Waals surface area contributed by atoms with Crippen LogP contribution in [-0.2, 0) is 24.4 Å². The maximum absolute atomic E-state index is 14.9. The lowest BCUT2D eigenvalue weighted by molar-refractivity contribution is -0.145. The van der Waals surface area contributed by atoms with Gasteiger partial charge in [-0.1, -0.05) is 45.8 Å². The van der Waals surface area contributed by atoms with E-state index >= 15 is 0 Å². The highest BCUT2D eigenvalue weighted by Crippen LogP contribution is 2.45. The van der Waals surface area contributed by atoms with Gasteiger partial charge >= 0.3 is 12.0 Å². The third-order valence-electron chi connectivity index (χ3n) is 12.6. The monoisotopic (exact) mass is 922 g/mol. The molecule has 4 aliphatic rings. The summed E-state index contributed by atoms with van der Waals surface area (Å²) in [7, 11) is -1.91. The van der Waals surface area contributed by atoms with E-state index in [1.807, 2.05) is 58.2 Å². The van der Waals surface area contributed by atoms with Gasteiger partial charge in [0.2, 0.25) is 21.8 Å². The molecule has 2 saturated heterocycles. The summed E-state index contributed by atoms with van der Waals surface area (Å²) in [5.74, 6) is -1.58. The van der Waals surface area contributed by atoms with Gasteiger partial charge in [-0.05, 0) is 69.9 Å². The zero-order chi connectivity index (χ0) is 46.0. The van der Waals surface area contributed by atoms with Gasteiger partial charge in [0.15, 0.2) is 5.13 Å². The van der Waals surface area contributed by atoms with Crippen LogP contribution in [0.5, 0.6) is 11.5 Å². The molecule has 0 bridgehead atoms. The number of nitrogens with one attached hydrogen (secondary N) is 4. The van der Waals surface area contributed by atoms with Crippen molar-refractivity contribution in [1.29, 1.82) is 0 Å². The second kappa shape index (κ2) is 19.2. The number of anilines is 1. The molecule has 1 aromatic carbocycles. The number of fused-ring (bicyclic) bond motifs is 3. The van der Waals surface area contributed by atoms with Crippen molar-refractivity contribution in [2.45, 2.75) is 128 Å². The number of hydrogen-bond acceptors (Lipinski definition) is 12. The molecule has 2 aromatic heterocycles. The summed E-state index contributed by atoms with van der Waals surface area (Å²) in [4.78, 5) is 67.1. The van der Waals surface area contributed by atoms with E-state index in [1.165, 1.54) is 20.5 Å². The van der Waals surface area contributed by atoms with Crippen LogP contribution >= 0.6 is 11.3 Å². The second-order valence-corrected chi connectivity index (χ2v) is 21.8. The predicted molar refractivity (Wildman–Crippen MR) is 245 cm³/mol. The third kappa shape index (κ3) is 10.7. The van der Waals surface area contributed by atoms with Crippen LogP contribution in [0.1, 0.15) is 92.4 Å². The molecule has 1 aliphatic carbocycles. The van der Waals surface area contributed by atoms with E-state index in [2.05, 4.69) is 21.3 Å². The van der Waals surface area contributed by atoms with Crippen LogP contribution in [0, 0.1) is 11.3 Å². The molecule has 17 nitrogen and oxygen atoms in total. The molecule has 3 aromatic rings. The van der Waals surface area contributed by atoms with Crippen molar-refractivity contribution in [1.82, 2.24) is 35.1 Å². The van der Waals surface area contributed by atoms with E-state index in [4.69, 9.17) is 19.4 Å². The van der Waals surface area contributed by atoms with Crippen molar-refractivity contribution in [3.05, 3.63) is 41.8 Å². The highest BCUT2D eigenvalue weighted by molar-refractivity contribution is 7.89. The van der Waals surface area contributed by atoms with Crippen molar-refractivity contribution in [2.24, 2.45) is 11.3 Å². The summed E-state index contributed by atoms with van der Waals surface area (Å²) in [6, 6.07) is 3.98. The zero-order valence-corrected chi connectivity index (χ0v) is 39.1. The van der Waals surface area contributed by atoms with Crippen LogP contribution in [0.4, 0.5) is 9.93 Å². The first-order valence-corrected chi connectivity index (χ1v) is 24.8. The Hall–Kier alpha value is -5.01. The van der Waals surface area contributed by atoms with Crippen molar-refractivity contribution in [3.8, 4) is 22.9 Å². The number of thiazole rings is 1. The molecule has 6 atom stereocenters. The number of aromatic nitrogens is 2. The van der Waals surface area contributed by atoms with Crippen LogP contribution < -0.4 is 30.7 Å². The van der Waals surface area contributed by atoms with Crippen LogP contribution in [-0.4, -0.2) is 125 Å². The van der Waals surface area contributed by atoms with Gasteiger partial charge in [-0.25, -0.2) is 28.0 Å². The number of hydrogen-bond donors (Lipinski definition) is 5. The Morgan fingerprint density at radius 1 is 1.08 bits per heavy atom. The summed E-state index contributed by atoms with van der Waals surface area (Å²) < 4.78 is 39.6. The number of sulfonamides is 1. The second-order valence-electron chi connectivity index (χ2n) is 18.8. The lowest BCUT2D eigenvalue weighted by Gasteiger charge is -2.37. The molecule has 4 amide bonds. The predicted octanol–water partition coefficient (Wildman–Crippen LogP) is 5.52. The number of amides is 4. The molecular weight excluding hydrogens is 861 g/mol. The van der Waals surface area contributed by atoms with Gasteiger partial charge in [0.05, 0.1) is 30.6 Å². The number of carbonyl (C=O) groups excluding carboxylic acids is 3. The number of rotatable bonds is 11. The number of urea groups is 1. The lowest BCUT2D eigenvalue weighted by atomic mass is 9.86. The molecule has 64 heavy (non-hydrogen) atoms. The Morgan fingerprint density at radius 2 is 1.88 bits per heavy atom. The van der Waals surface area contributed by atoms with Crippen molar-refractivity contribution in [3.63, 3.8) is 0 Å². The van der Waals surface area contributed by atoms with Crippen LogP contribution in [0.25, 0.3) is 22.3 Å². The number of carboxylic acid groups (broad SMARTS) is 1. The number of carbonyl (C=O) groups is 4. The number of methoxy groups -OCH3 is 1. The third-order valence-corrected chi connectivity index (χ3v) is 15.3. The number of nitrogens with zero attached hydrogens (tertiary/aromatic N) is 4. The summed E-state index contributed by atoms with van der Waals surface area (Å²) in [5.41, 5.74) is -0.292. The van der Waals surface area contributed by atoms with E-state index in [9.17, 15) is 32.7 Å². The van der Waals surface area contributed by atoms with E-state index in [-0.39, 0.29) is 44.1 Å². The number of pyridine rings is 1. The van der Waals surface area contributed by atoms with Crippen molar-refractivity contribution in [2.75, 3.05) is 37.8 Å². The normalized spacial score (nSPS) is 26.4. The van der Waals surface area contributed by atoms with Crippen molar-refractivity contribution < 1.29 is 42.2 Å². The number of aliphatic carboxylic acids is 1. The highest BCUT2D eigenvalue weighted by atomic mass is 32.2. The molecule has 1 saturated carbocycles. The number of allylic oxidation sites excluding steroid dienone is 1. The fraction of sp³-hybridized carbons (Fsp3) is 0.600. The molecule has 0 spiro atoms. The van der Waals surface area contributed by atoms with Gasteiger partial charge in [-0.3, -0.25) is 9.59 Å². The minimum atomic E-state index is -3.48. The molecule has 5 N–H and O–H groups in total. The van der Waals surface area contributed by atoms with Gasteiger partial charge in [0.1, 0.15) is 40.9 Å². The Kier molecular flexibility index (Phi) is 14.1. The van der Waals surface area contributed by atoms with Gasteiger partial charge in [0.25, 0.3) is 0 Å². The Bertz CT molecular complexity index is 2370. The molecule has 0 radical (unpaired) electrons. The molecule has 3 aliphatic heterocycles. The smallest absolute Gasteiger partial charge is 0.330 e. The first kappa shape index (κ1) is 47.0. The van der Waals surface area contributed by atoms with Crippen molar-refractivity contribution >= 4 is 61.2 Å². The molecule has 3 fully saturated rings. The fourth-order valence-electron chi connectivity index (χ4n) is 8.71. The SMILES string of the molecule is COc1ccc2c(O[C@@H]3C[C@H]4C(=O)N[C@]5(C(=O)O)CC5/C=C\CCCCC[C@H](NC(=O)NC(CN5CCCCS5(=O)=O)C(C)(C)C)C(=O)N4C3)cc(-c3csc(NC(C)C)n3)nc2c1. The summed E-state index contributed by atoms with van der Waals surface area (Å²) >= 11 is 1.45. The lowest BCUT2D eigenvalue weighted by Crippen LogP contribution is -2.59. The molecular formula is C45H62N8O9S2. The first-order chi connectivity index (χ1) is 30.4. The van der Waals surface area contributed by atoms with E-state index < -0.39 is 74.9 Å². The van der Waals surface area contributed by atoms with Crippen LogP contribution in [0.15, 0.2) is 41.8 Å². The average molecular weight is 923 g/mol. The Morgan fingerprint density at radius 3 is 2.59 bits per heavy atom. The molecule has 7 rings (SSSR count). The Labute approximate surface area is 379 Å². The minimum absolute atomic E-state index is 0.0357. The summed E-state index contributed by atoms with van der Waals surface area (Å²) in [5, 5.41) is 25.7. The largest absolute Gasteiger partial charge is 0.497 e. The number of carboxylic acids is 1. The molecule has 348 valence electrons. The average Bonchev–Trinajstić information content (AvgIpc) is 3.49. The topological polar surface area (TPSA) is 221 Å². The standard InChI is InChI=1S/C45H62N8O9S2/c1-27(2)46-43-49-35(26-63-43)34-22-37(31-17-16-29(61-6)20-33(31)47-34)62-30-21-36-39(54)51-45(41(56)57)23-28(45)14-10-8-7-9-11-15-32(40(55)53(36)24-30)48-42(58)50-38(44(3,4)5)25-52-18-12-13-19-64(52,59)60/h10,14,16-17,20,22,26-28,30,32,36,38H,7-9,11-13,15,18-19,21,23-25H2,1-6H3,(H,46,49)(H,51,54)(H,56,57)(H2,48,50,58)/b14-10-/t28?,30-,32+,36+,38?,45-/m1/s1. The fourth-order valence-corrected chi connectivity index (χ4v) is 11.2. The first-order valence-electron chi connectivity index (χ1n) is 22.3. The summed E-state index contributed by atoms with van der Waals surface area (Å²) in [6.45, 7) is 10.2. The quantitative estimate of drug-likeness (QED) is 0.150. The minimum Gasteiger partial charge on any atom is -0.497 e. The molecule has 5 heterocycles. The maximum atomic E-state index is 14.9. The van der Waals surface area contributed by atoms with E-state index in [0.717, 1.165) is 24.4 Å². The van der Waals surface area contributed by atoms with E-state index in [0.29, 0.717) is 59.6 Å². The van der Waals surface area contributed by atoms with Gasteiger partial charge in [0, 0.05) is 60.4 Å². The highest BCUT2D eigenvalue weighted by Gasteiger charge is 2.61. The van der Waals surface area contributed by atoms with E-state index in [1.54, 1.807) is 25.3 Å². The zero-order valence-electron chi connectivity index (χ0n) is 37.5. The van der Waals surface area contributed by atoms with Crippen LogP contribution in [0.2, 0.25) is 0 Å². The number of benzene rings is 1. The number of ether oxygens (including phenoxy) is 2. The van der Waals surface area contributed by atoms with Gasteiger partial charge in [-0.15, -0.1) is 11.3 Å². The van der Waals surface area contributed by atoms with Gasteiger partial charge < -0.3 is 40.7 Å².